The highest BCUT2D eigenvalue weighted by Crippen LogP contribution is 2.32. The highest BCUT2D eigenvalue weighted by molar-refractivity contribution is 7.07. The Kier molecular flexibility index (Phi) is 6.88. The maximum absolute atomic E-state index is 11.1. The lowest BCUT2D eigenvalue weighted by molar-refractivity contribution is -0.137. The van der Waals surface area contributed by atoms with Crippen LogP contribution >= 0.6 is 11.3 Å². The molecule has 0 bridgehead atoms. The van der Waals surface area contributed by atoms with Crippen LogP contribution in [0.1, 0.15) is 41.2 Å². The highest BCUT2D eigenvalue weighted by Gasteiger charge is 2.18. The van der Waals surface area contributed by atoms with Gasteiger partial charge in [-0.15, -0.1) is 0 Å². The van der Waals surface area contributed by atoms with Crippen molar-refractivity contribution in [3.05, 3.63) is 81.5 Å². The Morgan fingerprint density at radius 3 is 2.76 bits per heavy atom. The molecular weight excluding hydrogens is 386 g/mol. The fourth-order valence-corrected chi connectivity index (χ4v) is 3.62. The fraction of sp³-hybridized carbons (Fsp3) is 0.217. The molecule has 0 amide bonds. The van der Waals surface area contributed by atoms with Crippen molar-refractivity contribution < 1.29 is 19.4 Å². The first-order valence-electron chi connectivity index (χ1n) is 9.19. The summed E-state index contributed by atoms with van der Waals surface area (Å²) in [7, 11) is 0. The second-order valence-corrected chi connectivity index (χ2v) is 7.37. The number of carboxylic acid groups (broad SMARTS) is 1. The van der Waals surface area contributed by atoms with Crippen molar-refractivity contribution in [1.29, 1.82) is 5.26 Å². The van der Waals surface area contributed by atoms with Crippen molar-refractivity contribution in [2.75, 3.05) is 0 Å². The minimum absolute atomic E-state index is 0.00318. The molecule has 1 atom stereocenters. The van der Waals surface area contributed by atoms with E-state index in [0.717, 1.165) is 16.7 Å². The van der Waals surface area contributed by atoms with Crippen LogP contribution in [0.5, 0.6) is 11.5 Å². The quantitative estimate of drug-likeness (QED) is 0.507. The van der Waals surface area contributed by atoms with Crippen LogP contribution in [0.15, 0.2) is 59.3 Å². The van der Waals surface area contributed by atoms with Crippen molar-refractivity contribution >= 4 is 17.3 Å². The van der Waals surface area contributed by atoms with Crippen molar-refractivity contribution in [2.24, 2.45) is 0 Å². The zero-order valence-corrected chi connectivity index (χ0v) is 16.8. The van der Waals surface area contributed by atoms with Crippen molar-refractivity contribution in [2.45, 2.75) is 32.5 Å². The summed E-state index contributed by atoms with van der Waals surface area (Å²) in [5.74, 6) is 0.104. The number of benzene rings is 2. The number of hydrogen-bond donors (Lipinski definition) is 1. The van der Waals surface area contributed by atoms with Gasteiger partial charge in [0.25, 0.3) is 0 Å². The first kappa shape index (κ1) is 20.4. The number of aliphatic carboxylic acids is 1. The van der Waals surface area contributed by atoms with Crippen LogP contribution in [-0.4, -0.2) is 11.1 Å². The van der Waals surface area contributed by atoms with E-state index >= 15 is 0 Å². The Morgan fingerprint density at radius 2 is 2.07 bits per heavy atom. The van der Waals surface area contributed by atoms with Gasteiger partial charge in [0.1, 0.15) is 30.3 Å². The van der Waals surface area contributed by atoms with Crippen LogP contribution in [0.4, 0.5) is 0 Å². The molecule has 1 aromatic heterocycles. The monoisotopic (exact) mass is 407 g/mol. The topological polar surface area (TPSA) is 79.5 Å². The zero-order chi connectivity index (χ0) is 20.6. The predicted octanol–water partition coefficient (Wildman–Crippen LogP) is 5.49. The molecule has 0 saturated heterocycles. The van der Waals surface area contributed by atoms with Gasteiger partial charge in [0.15, 0.2) is 0 Å². The van der Waals surface area contributed by atoms with Gasteiger partial charge in [0.2, 0.25) is 0 Å². The maximum Gasteiger partial charge on any atom is 0.303 e. The van der Waals surface area contributed by atoms with E-state index in [1.165, 1.54) is 0 Å². The van der Waals surface area contributed by atoms with Crippen molar-refractivity contribution in [3.63, 3.8) is 0 Å². The molecule has 0 fully saturated rings. The SMILES string of the molecule is Cc1ccccc1C(CCC(=O)O)Oc1ccc(C#N)c(OCc2ccsc2)c1. The first-order chi connectivity index (χ1) is 14.1. The van der Waals surface area contributed by atoms with Gasteiger partial charge in [0, 0.05) is 12.5 Å². The van der Waals surface area contributed by atoms with Gasteiger partial charge in [-0.25, -0.2) is 0 Å². The second kappa shape index (κ2) is 9.76. The number of ether oxygens (including phenoxy) is 2. The summed E-state index contributed by atoms with van der Waals surface area (Å²) < 4.78 is 12.0. The Balaban J connectivity index is 1.83. The molecule has 0 spiro atoms. The van der Waals surface area contributed by atoms with Gasteiger partial charge >= 0.3 is 5.97 Å². The summed E-state index contributed by atoms with van der Waals surface area (Å²) in [6.07, 6.45) is -0.0767. The van der Waals surface area contributed by atoms with Crippen LogP contribution in [0.25, 0.3) is 0 Å². The number of carboxylic acids is 1. The lowest BCUT2D eigenvalue weighted by atomic mass is 9.99. The van der Waals surface area contributed by atoms with Gasteiger partial charge in [-0.05, 0) is 59.0 Å². The number of carbonyl (C=O) groups is 1. The number of aryl methyl sites for hydroxylation is 1. The smallest absolute Gasteiger partial charge is 0.303 e. The third kappa shape index (κ3) is 5.59. The summed E-state index contributed by atoms with van der Waals surface area (Å²) in [6, 6.07) is 16.9. The van der Waals surface area contributed by atoms with E-state index in [9.17, 15) is 10.1 Å². The van der Waals surface area contributed by atoms with Crippen LogP contribution in [-0.2, 0) is 11.4 Å². The molecule has 0 aliphatic carbocycles. The normalized spacial score (nSPS) is 11.4. The third-order valence-electron chi connectivity index (χ3n) is 4.48. The Morgan fingerprint density at radius 1 is 1.24 bits per heavy atom. The van der Waals surface area contributed by atoms with E-state index in [-0.39, 0.29) is 6.42 Å². The molecule has 3 rings (SSSR count). The molecule has 6 heteroatoms. The lowest BCUT2D eigenvalue weighted by Gasteiger charge is -2.21. The minimum atomic E-state index is -0.869. The van der Waals surface area contributed by atoms with Gasteiger partial charge in [-0.1, -0.05) is 24.3 Å². The van der Waals surface area contributed by atoms with Crippen LogP contribution in [0.2, 0.25) is 0 Å². The predicted molar refractivity (Wildman–Crippen MR) is 111 cm³/mol. The molecule has 2 aromatic carbocycles. The molecule has 0 aliphatic rings. The van der Waals surface area contributed by atoms with Gasteiger partial charge in [-0.3, -0.25) is 4.79 Å². The first-order valence-corrected chi connectivity index (χ1v) is 10.1. The summed E-state index contributed by atoms with van der Waals surface area (Å²) in [4.78, 5) is 11.1. The molecule has 148 valence electrons. The Bertz CT molecular complexity index is 1010. The molecule has 3 aromatic rings. The average Bonchev–Trinajstić information content (AvgIpc) is 3.24. The lowest BCUT2D eigenvalue weighted by Crippen LogP contribution is -2.11. The second-order valence-electron chi connectivity index (χ2n) is 6.59. The van der Waals surface area contributed by atoms with E-state index in [0.29, 0.717) is 30.1 Å². The van der Waals surface area contributed by atoms with Crippen LogP contribution < -0.4 is 9.47 Å². The van der Waals surface area contributed by atoms with E-state index < -0.39 is 12.1 Å². The number of nitriles is 1. The van der Waals surface area contributed by atoms with Crippen LogP contribution in [0.3, 0.4) is 0 Å². The number of nitrogens with zero attached hydrogens (tertiary/aromatic N) is 1. The van der Waals surface area contributed by atoms with Gasteiger partial charge in [-0.2, -0.15) is 16.6 Å². The molecule has 5 nitrogen and oxygen atoms in total. The summed E-state index contributed by atoms with van der Waals surface area (Å²) in [5, 5.41) is 22.4. The molecule has 29 heavy (non-hydrogen) atoms. The Labute approximate surface area is 173 Å². The van der Waals surface area contributed by atoms with E-state index in [1.54, 1.807) is 29.5 Å². The van der Waals surface area contributed by atoms with Gasteiger partial charge in [0.05, 0.1) is 5.56 Å². The zero-order valence-electron chi connectivity index (χ0n) is 16.0. The molecule has 1 heterocycles. The number of thiophene rings is 1. The molecular formula is C23H21NO4S. The van der Waals surface area contributed by atoms with E-state index in [1.807, 2.05) is 48.0 Å². The molecule has 1 N–H and O–H groups in total. The standard InChI is InChI=1S/C23H21NO4S/c1-16-4-2-3-5-20(16)21(8-9-23(25)26)28-19-7-6-18(13-24)22(12-19)27-14-17-10-11-29-15-17/h2-7,10-12,15,21H,8-9,14H2,1H3,(H,25,26). The largest absolute Gasteiger partial charge is 0.487 e. The molecule has 0 aliphatic heterocycles. The van der Waals surface area contributed by atoms with Gasteiger partial charge < -0.3 is 14.6 Å². The minimum Gasteiger partial charge on any atom is -0.487 e. The number of hydrogen-bond acceptors (Lipinski definition) is 5. The average molecular weight is 407 g/mol. The van der Waals surface area contributed by atoms with Crippen LogP contribution in [0, 0.1) is 18.3 Å². The molecule has 1 unspecified atom stereocenters. The summed E-state index contributed by atoms with van der Waals surface area (Å²) in [5.41, 5.74) is 3.43. The van der Waals surface area contributed by atoms with E-state index in [2.05, 4.69) is 6.07 Å². The Hall–Kier alpha value is -3.30. The molecule has 0 saturated carbocycles. The van der Waals surface area contributed by atoms with Crippen molar-refractivity contribution in [1.82, 2.24) is 0 Å². The fourth-order valence-electron chi connectivity index (χ4n) is 2.97. The number of rotatable bonds is 9. The summed E-state index contributed by atoms with van der Waals surface area (Å²) in [6.45, 7) is 2.34. The van der Waals surface area contributed by atoms with E-state index in [4.69, 9.17) is 14.6 Å². The third-order valence-corrected chi connectivity index (χ3v) is 5.21. The summed E-state index contributed by atoms with van der Waals surface area (Å²) >= 11 is 1.59. The maximum atomic E-state index is 11.1. The molecule has 0 radical (unpaired) electrons. The highest BCUT2D eigenvalue weighted by atomic mass is 32.1. The van der Waals surface area contributed by atoms with Crippen molar-refractivity contribution in [3.8, 4) is 17.6 Å².